The lowest BCUT2D eigenvalue weighted by molar-refractivity contribution is 0.401. The third kappa shape index (κ3) is 1.79. The summed E-state index contributed by atoms with van der Waals surface area (Å²) < 4.78 is 0. The smallest absolute Gasteiger partial charge is 0.121 e. The van der Waals surface area contributed by atoms with Crippen molar-refractivity contribution >= 4 is 0 Å². The summed E-state index contributed by atoms with van der Waals surface area (Å²) in [6.07, 6.45) is 7.96. The molecule has 0 aliphatic heterocycles. The van der Waals surface area contributed by atoms with Gasteiger partial charge in [0, 0.05) is 0 Å². The van der Waals surface area contributed by atoms with E-state index in [9.17, 15) is 5.11 Å². The summed E-state index contributed by atoms with van der Waals surface area (Å²) in [5, 5.41) is 9.70. The van der Waals surface area contributed by atoms with Crippen LogP contribution in [-0.4, -0.2) is 5.11 Å². The van der Waals surface area contributed by atoms with E-state index in [1.54, 1.807) is 6.08 Å². The van der Waals surface area contributed by atoms with Crippen molar-refractivity contribution < 1.29 is 5.11 Å². The monoisotopic (exact) mass is 164 g/mol. The summed E-state index contributed by atoms with van der Waals surface area (Å²) >= 11 is 0. The maximum absolute atomic E-state index is 9.70. The van der Waals surface area contributed by atoms with E-state index >= 15 is 0 Å². The van der Waals surface area contributed by atoms with Crippen LogP contribution in [0.25, 0.3) is 0 Å². The molecule has 0 atom stereocenters. The molecular formula is C11H16O. The van der Waals surface area contributed by atoms with Crippen LogP contribution in [0.3, 0.4) is 0 Å². The summed E-state index contributed by atoms with van der Waals surface area (Å²) in [6, 6.07) is 0. The van der Waals surface area contributed by atoms with Crippen LogP contribution in [0.1, 0.15) is 32.6 Å². The molecule has 12 heavy (non-hydrogen) atoms. The van der Waals surface area contributed by atoms with E-state index in [0.29, 0.717) is 5.76 Å². The zero-order valence-corrected chi connectivity index (χ0v) is 7.64. The van der Waals surface area contributed by atoms with Gasteiger partial charge in [-0.3, -0.25) is 0 Å². The highest BCUT2D eigenvalue weighted by atomic mass is 16.3. The molecule has 1 nitrogen and oxygen atoms in total. The topological polar surface area (TPSA) is 20.2 Å². The predicted octanol–water partition coefficient (Wildman–Crippen LogP) is 3.50. The summed E-state index contributed by atoms with van der Waals surface area (Å²) in [5.41, 5.74) is 2.10. The lowest BCUT2D eigenvalue weighted by atomic mass is 9.93. The molecule has 1 rings (SSSR count). The van der Waals surface area contributed by atoms with Gasteiger partial charge < -0.3 is 5.11 Å². The van der Waals surface area contributed by atoms with E-state index < -0.39 is 0 Å². The Morgan fingerprint density at radius 1 is 1.50 bits per heavy atom. The van der Waals surface area contributed by atoms with Crippen molar-refractivity contribution in [2.24, 2.45) is 0 Å². The Bertz CT molecular complexity index is 233. The average Bonchev–Trinajstić information content (AvgIpc) is 2.09. The Labute approximate surface area is 74.1 Å². The van der Waals surface area contributed by atoms with E-state index in [0.717, 1.165) is 36.8 Å². The third-order valence-electron chi connectivity index (χ3n) is 2.20. The van der Waals surface area contributed by atoms with Gasteiger partial charge in [0.2, 0.25) is 0 Å². The highest BCUT2D eigenvalue weighted by molar-refractivity contribution is 5.37. The fourth-order valence-electron chi connectivity index (χ4n) is 1.56. The number of aliphatic hydroxyl groups excluding tert-OH is 1. The molecule has 0 unspecified atom stereocenters. The molecule has 0 bridgehead atoms. The van der Waals surface area contributed by atoms with Crippen molar-refractivity contribution in [3.05, 3.63) is 35.6 Å². The molecule has 1 N–H and O–H groups in total. The molecule has 0 fully saturated rings. The van der Waals surface area contributed by atoms with Crippen LogP contribution < -0.4 is 0 Å². The number of hydrogen-bond acceptors (Lipinski definition) is 1. The second kappa shape index (κ2) is 4.15. The van der Waals surface area contributed by atoms with E-state index in [-0.39, 0.29) is 0 Å². The Kier molecular flexibility index (Phi) is 3.15. The molecule has 0 aromatic heterocycles. The van der Waals surface area contributed by atoms with Gasteiger partial charge in [0.1, 0.15) is 5.76 Å². The quantitative estimate of drug-likeness (QED) is 0.662. The number of allylic oxidation sites excluding steroid dienone is 4. The third-order valence-corrected chi connectivity index (χ3v) is 2.20. The zero-order chi connectivity index (χ0) is 8.97. The first-order valence-corrected chi connectivity index (χ1v) is 4.53. The van der Waals surface area contributed by atoms with Crippen LogP contribution >= 0.6 is 0 Å². The van der Waals surface area contributed by atoms with E-state index in [1.165, 1.54) is 0 Å². The second-order valence-electron chi connectivity index (χ2n) is 3.07. The summed E-state index contributed by atoms with van der Waals surface area (Å²) in [4.78, 5) is 0. The molecule has 0 saturated carbocycles. The molecule has 0 radical (unpaired) electrons. The number of rotatable bonds is 2. The highest BCUT2D eigenvalue weighted by Gasteiger charge is 2.13. The Balaban J connectivity index is 2.92. The fraction of sp³-hybridized carbons (Fsp3) is 0.455. The predicted molar refractivity (Wildman–Crippen MR) is 52.1 cm³/mol. The first-order chi connectivity index (χ1) is 5.79. The molecule has 0 spiro atoms. The first-order valence-electron chi connectivity index (χ1n) is 4.53. The molecule has 1 aliphatic carbocycles. The number of aliphatic hydroxyl groups is 1. The summed E-state index contributed by atoms with van der Waals surface area (Å²) in [6.45, 7) is 5.77. The lowest BCUT2D eigenvalue weighted by Gasteiger charge is -2.16. The molecule has 1 heteroatoms. The van der Waals surface area contributed by atoms with Crippen molar-refractivity contribution in [2.45, 2.75) is 32.6 Å². The number of hydrogen-bond donors (Lipinski definition) is 1. The first kappa shape index (κ1) is 9.11. The van der Waals surface area contributed by atoms with Gasteiger partial charge in [-0.2, -0.15) is 0 Å². The maximum Gasteiger partial charge on any atom is 0.121 e. The van der Waals surface area contributed by atoms with Gasteiger partial charge >= 0.3 is 0 Å². The van der Waals surface area contributed by atoms with Gasteiger partial charge in [0.05, 0.1) is 0 Å². The van der Waals surface area contributed by atoms with Crippen LogP contribution in [0, 0.1) is 0 Å². The molecule has 0 aromatic rings. The van der Waals surface area contributed by atoms with Crippen LogP contribution in [0.5, 0.6) is 0 Å². The van der Waals surface area contributed by atoms with Gasteiger partial charge in [-0.1, -0.05) is 25.7 Å². The van der Waals surface area contributed by atoms with Crippen LogP contribution in [0.2, 0.25) is 0 Å². The second-order valence-corrected chi connectivity index (χ2v) is 3.07. The van der Waals surface area contributed by atoms with Crippen LogP contribution in [0.4, 0.5) is 0 Å². The van der Waals surface area contributed by atoms with Crippen molar-refractivity contribution in [3.8, 4) is 0 Å². The summed E-state index contributed by atoms with van der Waals surface area (Å²) in [5.74, 6) is 0.470. The van der Waals surface area contributed by atoms with Crippen LogP contribution in [0.15, 0.2) is 35.6 Å². The molecule has 0 heterocycles. The van der Waals surface area contributed by atoms with Crippen molar-refractivity contribution in [1.29, 1.82) is 0 Å². The van der Waals surface area contributed by atoms with E-state index in [4.69, 9.17) is 0 Å². The molecule has 0 aromatic carbocycles. The van der Waals surface area contributed by atoms with Gasteiger partial charge in [-0.05, 0) is 36.8 Å². The van der Waals surface area contributed by atoms with Crippen molar-refractivity contribution in [1.82, 2.24) is 0 Å². The Hall–Kier alpha value is -0.980. The lowest BCUT2D eigenvalue weighted by Crippen LogP contribution is -2.01. The van der Waals surface area contributed by atoms with Crippen molar-refractivity contribution in [2.75, 3.05) is 0 Å². The zero-order valence-electron chi connectivity index (χ0n) is 7.64. The minimum atomic E-state index is 0.470. The molecule has 1 aliphatic rings. The molecule has 0 amide bonds. The summed E-state index contributed by atoms with van der Waals surface area (Å²) in [7, 11) is 0. The SMILES string of the molecule is C=CC1=C(O)/C(=C/CC)CCC1. The molecule has 0 saturated heterocycles. The Morgan fingerprint density at radius 3 is 2.83 bits per heavy atom. The average molecular weight is 164 g/mol. The largest absolute Gasteiger partial charge is 0.507 e. The highest BCUT2D eigenvalue weighted by Crippen LogP contribution is 2.28. The van der Waals surface area contributed by atoms with E-state index in [2.05, 4.69) is 19.6 Å². The minimum absolute atomic E-state index is 0.470. The molecule has 66 valence electrons. The van der Waals surface area contributed by atoms with Gasteiger partial charge in [0.25, 0.3) is 0 Å². The van der Waals surface area contributed by atoms with E-state index in [1.807, 2.05) is 0 Å². The fourth-order valence-corrected chi connectivity index (χ4v) is 1.56. The Morgan fingerprint density at radius 2 is 2.25 bits per heavy atom. The van der Waals surface area contributed by atoms with Crippen LogP contribution in [-0.2, 0) is 0 Å². The van der Waals surface area contributed by atoms with Crippen molar-refractivity contribution in [3.63, 3.8) is 0 Å². The normalized spacial score (nSPS) is 21.6. The minimum Gasteiger partial charge on any atom is -0.507 e. The standard InChI is InChI=1S/C11H16O/c1-3-6-10-8-5-7-9(4-2)11(10)12/h4,6,12H,2-3,5,7-8H2,1H3/b10-6+. The van der Waals surface area contributed by atoms with Gasteiger partial charge in [-0.25, -0.2) is 0 Å². The van der Waals surface area contributed by atoms with Gasteiger partial charge in [-0.15, -0.1) is 0 Å². The maximum atomic E-state index is 9.70. The molecular weight excluding hydrogens is 148 g/mol. The van der Waals surface area contributed by atoms with Gasteiger partial charge in [0.15, 0.2) is 0 Å².